The van der Waals surface area contributed by atoms with Crippen molar-refractivity contribution in [2.75, 3.05) is 5.43 Å². The van der Waals surface area contributed by atoms with Gasteiger partial charge in [0.05, 0.1) is 11.0 Å². The number of nitrogens with zero attached hydrogens (tertiary/aromatic N) is 3. The van der Waals surface area contributed by atoms with Crippen molar-refractivity contribution in [3.05, 3.63) is 37.2 Å². The van der Waals surface area contributed by atoms with Crippen molar-refractivity contribution in [2.45, 2.75) is 6.54 Å². The fraction of sp³-hybridized carbons (Fsp3) is 0.143. The van der Waals surface area contributed by atoms with Crippen molar-refractivity contribution in [1.82, 2.24) is 19.1 Å². The molecule has 0 spiro atoms. The van der Waals surface area contributed by atoms with Crippen LogP contribution in [0.4, 0.5) is 5.00 Å². The highest BCUT2D eigenvalue weighted by molar-refractivity contribution is 9.10. The summed E-state index contributed by atoms with van der Waals surface area (Å²) < 4.78 is 5.27. The maximum absolute atomic E-state index is 11.5. The number of nitrogen functional groups attached to an aromatic ring is 1. The fourth-order valence-electron chi connectivity index (χ4n) is 1.18. The molecule has 0 aromatic carbocycles. The van der Waals surface area contributed by atoms with Crippen LogP contribution in [0.15, 0.2) is 20.3 Å². The Bertz CT molecular complexity index is 646. The van der Waals surface area contributed by atoms with Gasteiger partial charge in [0, 0.05) is 17.7 Å². The van der Waals surface area contributed by atoms with E-state index in [2.05, 4.69) is 35.9 Å². The first kappa shape index (κ1) is 12.0. The SMILES string of the molecule is NNc1snnc1Cn1cc(Br)c(=O)[nH]c1=O. The van der Waals surface area contributed by atoms with Crippen LogP contribution in [0.3, 0.4) is 0 Å². The van der Waals surface area contributed by atoms with E-state index in [4.69, 9.17) is 5.84 Å². The first-order valence-electron chi connectivity index (χ1n) is 4.39. The van der Waals surface area contributed by atoms with Crippen LogP contribution >= 0.6 is 27.5 Å². The molecule has 0 fully saturated rings. The topological polar surface area (TPSA) is 119 Å². The highest BCUT2D eigenvalue weighted by Gasteiger charge is 2.09. The molecule has 0 radical (unpaired) electrons. The van der Waals surface area contributed by atoms with Gasteiger partial charge in [0.1, 0.15) is 10.7 Å². The largest absolute Gasteiger partial charge is 0.328 e. The molecular weight excluding hydrogens is 312 g/mol. The number of hydrogen-bond donors (Lipinski definition) is 3. The van der Waals surface area contributed by atoms with E-state index in [1.807, 2.05) is 0 Å². The van der Waals surface area contributed by atoms with Gasteiger partial charge in [-0.15, -0.1) is 5.10 Å². The van der Waals surface area contributed by atoms with E-state index in [9.17, 15) is 9.59 Å². The number of nitrogens with one attached hydrogen (secondary N) is 2. The summed E-state index contributed by atoms with van der Waals surface area (Å²) in [6.07, 6.45) is 1.39. The molecule has 0 atom stereocenters. The summed E-state index contributed by atoms with van der Waals surface area (Å²) in [7, 11) is 0. The number of aromatic nitrogens is 4. The Hall–Kier alpha value is -1.52. The monoisotopic (exact) mass is 318 g/mol. The number of aromatic amines is 1. The number of rotatable bonds is 3. The first-order valence-corrected chi connectivity index (χ1v) is 5.95. The summed E-state index contributed by atoms with van der Waals surface area (Å²) in [5.74, 6) is 5.27. The molecular formula is C7H7BrN6O2S. The molecule has 2 aromatic heterocycles. The summed E-state index contributed by atoms with van der Waals surface area (Å²) in [5.41, 5.74) is 1.97. The molecule has 0 aliphatic heterocycles. The van der Waals surface area contributed by atoms with Gasteiger partial charge in [0.25, 0.3) is 5.56 Å². The maximum Gasteiger partial charge on any atom is 0.328 e. The molecule has 2 rings (SSSR count). The van der Waals surface area contributed by atoms with E-state index in [1.54, 1.807) is 0 Å². The normalized spacial score (nSPS) is 10.5. The maximum atomic E-state index is 11.5. The number of halogens is 1. The third kappa shape index (κ3) is 2.43. The van der Waals surface area contributed by atoms with Crippen molar-refractivity contribution in [2.24, 2.45) is 5.84 Å². The Kier molecular flexibility index (Phi) is 3.36. The molecule has 0 saturated heterocycles. The Morgan fingerprint density at radius 2 is 2.35 bits per heavy atom. The molecule has 0 bridgehead atoms. The summed E-state index contributed by atoms with van der Waals surface area (Å²) in [6, 6.07) is 0. The van der Waals surface area contributed by atoms with E-state index in [0.29, 0.717) is 10.7 Å². The van der Waals surface area contributed by atoms with Gasteiger partial charge in [0.2, 0.25) is 0 Å². The van der Waals surface area contributed by atoms with E-state index < -0.39 is 11.2 Å². The molecule has 0 saturated carbocycles. The number of anilines is 1. The fourth-order valence-corrected chi connectivity index (χ4v) is 2.01. The van der Waals surface area contributed by atoms with Crippen LogP contribution in [0.5, 0.6) is 0 Å². The molecule has 0 unspecified atom stereocenters. The van der Waals surface area contributed by atoms with Gasteiger partial charge in [0.15, 0.2) is 0 Å². The Labute approximate surface area is 107 Å². The van der Waals surface area contributed by atoms with Gasteiger partial charge < -0.3 is 5.43 Å². The molecule has 0 amide bonds. The van der Waals surface area contributed by atoms with Crippen molar-refractivity contribution >= 4 is 32.5 Å². The van der Waals surface area contributed by atoms with Gasteiger partial charge in [-0.2, -0.15) is 0 Å². The second-order valence-corrected chi connectivity index (χ2v) is 4.67. The van der Waals surface area contributed by atoms with E-state index >= 15 is 0 Å². The quantitative estimate of drug-likeness (QED) is 0.518. The number of hydrazine groups is 1. The third-order valence-corrected chi connectivity index (χ3v) is 3.24. The predicted molar refractivity (Wildman–Crippen MR) is 65.8 cm³/mol. The number of hydrogen-bond acceptors (Lipinski definition) is 7. The molecule has 0 aliphatic rings. The van der Waals surface area contributed by atoms with Gasteiger partial charge in [-0.05, 0) is 15.9 Å². The van der Waals surface area contributed by atoms with Gasteiger partial charge in [-0.1, -0.05) is 4.49 Å². The molecule has 90 valence electrons. The van der Waals surface area contributed by atoms with Crippen molar-refractivity contribution in [3.63, 3.8) is 0 Å². The highest BCUT2D eigenvalue weighted by Crippen LogP contribution is 2.16. The summed E-state index contributed by atoms with van der Waals surface area (Å²) in [4.78, 5) is 24.8. The first-order chi connectivity index (χ1) is 8.11. The lowest BCUT2D eigenvalue weighted by Gasteiger charge is -2.04. The molecule has 0 aliphatic carbocycles. The van der Waals surface area contributed by atoms with Crippen LogP contribution < -0.4 is 22.5 Å². The second-order valence-electron chi connectivity index (χ2n) is 3.06. The highest BCUT2D eigenvalue weighted by atomic mass is 79.9. The molecule has 2 aromatic rings. The molecule has 8 nitrogen and oxygen atoms in total. The molecule has 10 heteroatoms. The number of nitrogens with two attached hydrogens (primary N) is 1. The summed E-state index contributed by atoms with van der Waals surface area (Å²) >= 11 is 4.13. The average Bonchev–Trinajstić information content (AvgIpc) is 2.73. The molecule has 17 heavy (non-hydrogen) atoms. The standard InChI is InChI=1S/C7H7BrN6O2S/c8-3-1-14(7(16)10-5(3)15)2-4-6(11-9)17-13-12-4/h1,11H,2,9H2,(H,10,15,16). The zero-order valence-electron chi connectivity index (χ0n) is 8.31. The second kappa shape index (κ2) is 4.77. The lowest BCUT2D eigenvalue weighted by atomic mass is 10.4. The van der Waals surface area contributed by atoms with E-state index in [-0.39, 0.29) is 11.0 Å². The van der Waals surface area contributed by atoms with Crippen molar-refractivity contribution in [3.8, 4) is 0 Å². The van der Waals surface area contributed by atoms with E-state index in [1.165, 1.54) is 10.8 Å². The Morgan fingerprint density at radius 3 is 3.06 bits per heavy atom. The smallest absolute Gasteiger partial charge is 0.313 e. The van der Waals surface area contributed by atoms with Crippen LogP contribution in [-0.4, -0.2) is 19.1 Å². The lowest BCUT2D eigenvalue weighted by molar-refractivity contribution is 0.699. The average molecular weight is 319 g/mol. The van der Waals surface area contributed by atoms with Gasteiger partial charge in [-0.25, -0.2) is 10.6 Å². The van der Waals surface area contributed by atoms with Gasteiger partial charge >= 0.3 is 5.69 Å². The molecule has 2 heterocycles. The van der Waals surface area contributed by atoms with Gasteiger partial charge in [-0.3, -0.25) is 14.3 Å². The van der Waals surface area contributed by atoms with Crippen LogP contribution in [0.1, 0.15) is 5.69 Å². The Balaban J connectivity index is 2.40. The predicted octanol–water partition coefficient (Wildman–Crippen LogP) is -0.516. The summed E-state index contributed by atoms with van der Waals surface area (Å²) in [6.45, 7) is 0.171. The lowest BCUT2D eigenvalue weighted by Crippen LogP contribution is -2.30. The third-order valence-electron chi connectivity index (χ3n) is 1.97. The van der Waals surface area contributed by atoms with E-state index in [0.717, 1.165) is 11.5 Å². The minimum atomic E-state index is -0.519. The zero-order chi connectivity index (χ0) is 12.4. The Morgan fingerprint density at radius 1 is 1.59 bits per heavy atom. The van der Waals surface area contributed by atoms with Crippen LogP contribution in [0.25, 0.3) is 0 Å². The minimum Gasteiger partial charge on any atom is -0.313 e. The summed E-state index contributed by atoms with van der Waals surface area (Å²) in [5, 5.41) is 4.40. The minimum absolute atomic E-state index is 0.171. The van der Waals surface area contributed by atoms with Crippen LogP contribution in [0, 0.1) is 0 Å². The van der Waals surface area contributed by atoms with Crippen molar-refractivity contribution in [1.29, 1.82) is 0 Å². The van der Waals surface area contributed by atoms with Crippen molar-refractivity contribution < 1.29 is 0 Å². The van der Waals surface area contributed by atoms with Crippen LogP contribution in [0.2, 0.25) is 0 Å². The zero-order valence-corrected chi connectivity index (χ0v) is 10.7. The molecule has 4 N–H and O–H groups in total. The number of H-pyrrole nitrogens is 1. The van der Waals surface area contributed by atoms with Crippen LogP contribution in [-0.2, 0) is 6.54 Å².